The molecule has 2 unspecified atom stereocenters. The predicted octanol–water partition coefficient (Wildman–Crippen LogP) is 7.28. The average Bonchev–Trinajstić information content (AvgIpc) is 2.71. The van der Waals surface area contributed by atoms with E-state index in [0.717, 1.165) is 0 Å². The number of carbonyl (C=O) groups excluding carboxylic acids is 2. The van der Waals surface area contributed by atoms with Crippen molar-refractivity contribution in [1.82, 2.24) is 0 Å². The molecule has 0 aromatic heterocycles. The maximum atomic E-state index is 12.6. The van der Waals surface area contributed by atoms with Gasteiger partial charge in [-0.05, 0) is 50.1 Å². The van der Waals surface area contributed by atoms with Gasteiger partial charge in [0.1, 0.15) is 0 Å². The minimum atomic E-state index is -2.33. The van der Waals surface area contributed by atoms with Crippen molar-refractivity contribution in [3.8, 4) is 0 Å². The number of ether oxygens (including phenoxy) is 2. The molecule has 4 atom stereocenters. The van der Waals surface area contributed by atoms with E-state index in [1.54, 1.807) is 26.0 Å². The molecule has 0 fully saturated rings. The van der Waals surface area contributed by atoms with Gasteiger partial charge in [-0.15, -0.1) is 13.2 Å². The van der Waals surface area contributed by atoms with Crippen LogP contribution in [0, 0.1) is 11.8 Å². The Kier molecular flexibility index (Phi) is 13.6. The predicted molar refractivity (Wildman–Crippen MR) is 154 cm³/mol. The second kappa shape index (κ2) is 14.1. The summed E-state index contributed by atoms with van der Waals surface area (Å²) in [6.07, 6.45) is 2.75. The molecule has 0 saturated heterocycles. The van der Waals surface area contributed by atoms with Crippen LogP contribution in [0.5, 0.6) is 0 Å². The largest absolute Gasteiger partial charge is 0.466 e. The van der Waals surface area contributed by atoms with Crippen LogP contribution in [0.3, 0.4) is 0 Å². The van der Waals surface area contributed by atoms with Gasteiger partial charge in [-0.25, -0.2) is 0 Å². The van der Waals surface area contributed by atoms with Gasteiger partial charge in [0, 0.05) is 11.8 Å². The van der Waals surface area contributed by atoms with Crippen LogP contribution in [0.25, 0.3) is 0 Å². The van der Waals surface area contributed by atoms with Crippen LogP contribution in [0.4, 0.5) is 0 Å². The van der Waals surface area contributed by atoms with Gasteiger partial charge in [0.15, 0.2) is 16.6 Å². The SMILES string of the molecule is C=CC(CC(=O)OCC)[C@H](O[Si](C)(C)C(C)(C)C)[C@@H](O[Si](C)(C)C(C)(C)C)C(C=C)CC(=O)OCC. The molecule has 0 aliphatic rings. The first-order valence-corrected chi connectivity index (χ1v) is 19.0. The summed E-state index contributed by atoms with van der Waals surface area (Å²) in [5.74, 6) is -1.34. The highest BCUT2D eigenvalue weighted by atomic mass is 28.4. The Morgan fingerprint density at radius 3 is 1.17 bits per heavy atom. The Morgan fingerprint density at radius 1 is 0.694 bits per heavy atom. The normalized spacial score (nSPS) is 16.4. The number of esters is 2. The molecule has 0 aliphatic heterocycles. The van der Waals surface area contributed by atoms with Gasteiger partial charge < -0.3 is 18.3 Å². The molecule has 0 radical (unpaired) electrons. The fraction of sp³-hybridized carbons (Fsp3) is 0.786. The molecule has 0 N–H and O–H groups in total. The maximum absolute atomic E-state index is 12.6. The molecule has 0 bridgehead atoms. The van der Waals surface area contributed by atoms with Crippen molar-refractivity contribution >= 4 is 28.6 Å². The zero-order valence-corrected chi connectivity index (χ0v) is 27.2. The van der Waals surface area contributed by atoms with Crippen LogP contribution in [-0.4, -0.2) is 54.0 Å². The molecule has 8 heteroatoms. The summed E-state index contributed by atoms with van der Waals surface area (Å²) in [6, 6.07) is 0. The molecule has 0 heterocycles. The first-order chi connectivity index (χ1) is 16.3. The Labute approximate surface area is 223 Å². The maximum Gasteiger partial charge on any atom is 0.306 e. The lowest BCUT2D eigenvalue weighted by atomic mass is 9.86. The molecule has 0 saturated carbocycles. The summed E-state index contributed by atoms with van der Waals surface area (Å²) in [5, 5.41) is -0.152. The third-order valence-electron chi connectivity index (χ3n) is 7.66. The van der Waals surface area contributed by atoms with Crippen molar-refractivity contribution in [2.24, 2.45) is 11.8 Å². The number of rotatable bonds is 15. The monoisotopic (exact) mass is 542 g/mol. The summed E-state index contributed by atoms with van der Waals surface area (Å²) in [6.45, 7) is 34.1. The molecule has 0 rings (SSSR count). The number of hydrogen-bond donors (Lipinski definition) is 0. The third kappa shape index (κ3) is 10.3. The van der Waals surface area contributed by atoms with Gasteiger partial charge in [-0.3, -0.25) is 9.59 Å². The van der Waals surface area contributed by atoms with E-state index in [1.165, 1.54) is 0 Å². The second-order valence-electron chi connectivity index (χ2n) is 12.5. The van der Waals surface area contributed by atoms with Crippen molar-refractivity contribution in [2.45, 2.75) is 117 Å². The lowest BCUT2D eigenvalue weighted by Gasteiger charge is -2.48. The Morgan fingerprint density at radius 2 is 0.972 bits per heavy atom. The zero-order chi connectivity index (χ0) is 28.5. The molecule has 0 aromatic carbocycles. The fourth-order valence-corrected chi connectivity index (χ4v) is 6.01. The van der Waals surface area contributed by atoms with Crippen LogP contribution >= 0.6 is 0 Å². The van der Waals surface area contributed by atoms with Gasteiger partial charge >= 0.3 is 11.9 Å². The van der Waals surface area contributed by atoms with Crippen molar-refractivity contribution in [3.63, 3.8) is 0 Å². The fourth-order valence-electron chi connectivity index (χ4n) is 3.32. The Balaban J connectivity index is 6.86. The molecular formula is C28H54O6Si2. The highest BCUT2D eigenvalue weighted by Gasteiger charge is 2.48. The molecule has 210 valence electrons. The van der Waals surface area contributed by atoms with E-state index in [9.17, 15) is 9.59 Å². The van der Waals surface area contributed by atoms with Gasteiger partial charge in [0.05, 0.1) is 38.3 Å². The van der Waals surface area contributed by atoms with Gasteiger partial charge in [0.25, 0.3) is 0 Å². The topological polar surface area (TPSA) is 71.1 Å². The molecule has 0 amide bonds. The smallest absolute Gasteiger partial charge is 0.306 e. The van der Waals surface area contributed by atoms with Crippen LogP contribution in [0.2, 0.25) is 36.3 Å². The van der Waals surface area contributed by atoms with Gasteiger partial charge in [0.2, 0.25) is 0 Å². The highest BCUT2D eigenvalue weighted by molar-refractivity contribution is 6.74. The summed E-state index contributed by atoms with van der Waals surface area (Å²) < 4.78 is 24.6. The Hall–Kier alpha value is -1.23. The van der Waals surface area contributed by atoms with Crippen LogP contribution in [0.15, 0.2) is 25.3 Å². The third-order valence-corrected chi connectivity index (χ3v) is 16.6. The minimum Gasteiger partial charge on any atom is -0.466 e. The summed E-state index contributed by atoms with van der Waals surface area (Å²) >= 11 is 0. The van der Waals surface area contributed by atoms with Crippen molar-refractivity contribution in [1.29, 1.82) is 0 Å². The second-order valence-corrected chi connectivity index (χ2v) is 22.0. The van der Waals surface area contributed by atoms with Gasteiger partial charge in [-0.2, -0.15) is 0 Å². The lowest BCUT2D eigenvalue weighted by molar-refractivity contribution is -0.147. The molecule has 0 aromatic rings. The first-order valence-electron chi connectivity index (χ1n) is 13.2. The first kappa shape index (κ1) is 34.8. The summed E-state index contributed by atoms with van der Waals surface area (Å²) in [5.41, 5.74) is 0. The van der Waals surface area contributed by atoms with E-state index in [0.29, 0.717) is 13.2 Å². The van der Waals surface area contributed by atoms with Crippen LogP contribution in [-0.2, 0) is 27.9 Å². The van der Waals surface area contributed by atoms with Crippen LogP contribution in [0.1, 0.15) is 68.2 Å². The molecular weight excluding hydrogens is 488 g/mol. The lowest BCUT2D eigenvalue weighted by Crippen LogP contribution is -2.56. The molecule has 0 aliphatic carbocycles. The quantitative estimate of drug-likeness (QED) is 0.123. The van der Waals surface area contributed by atoms with E-state index in [2.05, 4.69) is 80.9 Å². The minimum absolute atomic E-state index is 0.0762. The van der Waals surface area contributed by atoms with Crippen LogP contribution < -0.4 is 0 Å². The van der Waals surface area contributed by atoms with Crippen molar-refractivity contribution in [3.05, 3.63) is 25.3 Å². The summed E-state index contributed by atoms with van der Waals surface area (Å²) in [7, 11) is -4.66. The standard InChI is InChI=1S/C28H54O6Si2/c1-15-21(19-23(29)31-17-3)25(33-35(11,12)27(5,6)7)26(34-36(13,14)28(8,9)10)22(16-2)20-24(30)32-18-4/h15-16,21-22,25-26H,1-2,17-20H2,3-14H3/t21?,22?,25-,26-/m0/s1. The van der Waals surface area contributed by atoms with E-state index in [1.807, 2.05) is 0 Å². The van der Waals surface area contributed by atoms with E-state index >= 15 is 0 Å². The van der Waals surface area contributed by atoms with Gasteiger partial charge in [-0.1, -0.05) is 53.7 Å². The van der Waals surface area contributed by atoms with E-state index in [4.69, 9.17) is 18.3 Å². The Bertz CT molecular complexity index is 671. The zero-order valence-electron chi connectivity index (χ0n) is 25.2. The van der Waals surface area contributed by atoms with Crippen molar-refractivity contribution in [2.75, 3.05) is 13.2 Å². The highest BCUT2D eigenvalue weighted by Crippen LogP contribution is 2.43. The van der Waals surface area contributed by atoms with E-state index in [-0.39, 0.29) is 46.7 Å². The van der Waals surface area contributed by atoms with E-state index < -0.39 is 28.8 Å². The molecule has 6 nitrogen and oxygen atoms in total. The molecule has 0 spiro atoms. The number of hydrogen-bond acceptors (Lipinski definition) is 6. The summed E-state index contributed by atoms with van der Waals surface area (Å²) in [4.78, 5) is 25.2. The average molecular weight is 543 g/mol. The molecule has 36 heavy (non-hydrogen) atoms. The number of carbonyl (C=O) groups is 2. The van der Waals surface area contributed by atoms with Crippen molar-refractivity contribution < 1.29 is 27.9 Å².